The first-order chi connectivity index (χ1) is 19.5. The minimum absolute atomic E-state index is 0.0388. The molecule has 0 saturated carbocycles. The van der Waals surface area contributed by atoms with Crippen LogP contribution in [-0.4, -0.2) is 67.4 Å². The molecule has 3 atom stereocenters. The van der Waals surface area contributed by atoms with Gasteiger partial charge in [-0.05, 0) is 64.8 Å². The van der Waals surface area contributed by atoms with E-state index in [1.807, 2.05) is 45.0 Å². The van der Waals surface area contributed by atoms with Crippen LogP contribution in [0.1, 0.15) is 76.8 Å². The summed E-state index contributed by atoms with van der Waals surface area (Å²) in [5.41, 5.74) is 0.211. The molecule has 2 N–H and O–H groups in total. The Kier molecular flexibility index (Phi) is 9.47. The molecule has 0 spiro atoms. The second kappa shape index (κ2) is 12.7. The van der Waals surface area contributed by atoms with E-state index in [0.29, 0.717) is 0 Å². The number of methoxy groups -OCH3 is 2. The van der Waals surface area contributed by atoms with E-state index in [1.165, 1.54) is 4.90 Å². The smallest absolute Gasteiger partial charge is 0.407 e. The molecule has 4 rings (SSSR count). The van der Waals surface area contributed by atoms with Crippen molar-refractivity contribution >= 4 is 28.7 Å². The van der Waals surface area contributed by atoms with Crippen molar-refractivity contribution in [2.24, 2.45) is 5.41 Å². The van der Waals surface area contributed by atoms with Gasteiger partial charge in [0, 0.05) is 13.5 Å². The Morgan fingerprint density at radius 2 is 1.73 bits per heavy atom. The number of ether oxygens (including phenoxy) is 3. The van der Waals surface area contributed by atoms with Crippen molar-refractivity contribution in [2.75, 3.05) is 27.4 Å². The molecule has 1 fully saturated rings. The SMILES string of the molecule is COc1cc2ccc3cc2cc1CCCCCCCCOC(=O)N[C@@H](C(C)(C)C)C(=O)N1C[C@@]3(OC)C[C@H]1C(=O)O. The summed E-state index contributed by atoms with van der Waals surface area (Å²) < 4.78 is 17.2. The lowest BCUT2D eigenvalue weighted by Gasteiger charge is -2.35. The predicted molar refractivity (Wildman–Crippen MR) is 156 cm³/mol. The van der Waals surface area contributed by atoms with E-state index in [9.17, 15) is 19.5 Å². The highest BCUT2D eigenvalue weighted by Crippen LogP contribution is 2.42. The van der Waals surface area contributed by atoms with Crippen LogP contribution in [0.25, 0.3) is 10.8 Å². The molecule has 2 aromatic rings. The summed E-state index contributed by atoms with van der Waals surface area (Å²) in [7, 11) is 3.24. The first-order valence-electron chi connectivity index (χ1n) is 14.6. The van der Waals surface area contributed by atoms with Crippen LogP contribution in [0.15, 0.2) is 30.3 Å². The van der Waals surface area contributed by atoms with Crippen molar-refractivity contribution in [3.8, 4) is 5.75 Å². The average molecular weight is 569 g/mol. The fraction of sp³-hybridized carbons (Fsp3) is 0.594. The van der Waals surface area contributed by atoms with Gasteiger partial charge in [0.2, 0.25) is 5.91 Å². The molecule has 9 heteroatoms. The maximum absolute atomic E-state index is 14.0. The summed E-state index contributed by atoms with van der Waals surface area (Å²) in [6.07, 6.45) is 6.27. The molecule has 1 saturated heterocycles. The Morgan fingerprint density at radius 1 is 1.02 bits per heavy atom. The molecule has 0 aliphatic carbocycles. The highest BCUT2D eigenvalue weighted by Gasteiger charge is 2.52. The summed E-state index contributed by atoms with van der Waals surface area (Å²) >= 11 is 0. The van der Waals surface area contributed by atoms with Crippen LogP contribution in [0.4, 0.5) is 4.79 Å². The number of hydrogen-bond donors (Lipinski definition) is 2. The maximum Gasteiger partial charge on any atom is 0.407 e. The van der Waals surface area contributed by atoms with Crippen molar-refractivity contribution in [1.29, 1.82) is 0 Å². The maximum atomic E-state index is 14.0. The minimum Gasteiger partial charge on any atom is -0.496 e. The van der Waals surface area contributed by atoms with E-state index in [2.05, 4.69) is 11.4 Å². The highest BCUT2D eigenvalue weighted by molar-refractivity contribution is 5.91. The van der Waals surface area contributed by atoms with Gasteiger partial charge in [0.05, 0.1) is 20.3 Å². The number of carbonyl (C=O) groups excluding carboxylic acids is 2. The number of carboxylic acids is 1. The Morgan fingerprint density at radius 3 is 2.39 bits per heavy atom. The van der Waals surface area contributed by atoms with Gasteiger partial charge < -0.3 is 29.5 Å². The monoisotopic (exact) mass is 568 g/mol. The Hall–Kier alpha value is -3.33. The van der Waals surface area contributed by atoms with Crippen LogP contribution in [0.3, 0.4) is 0 Å². The lowest BCUT2D eigenvalue weighted by Crippen LogP contribution is -2.57. The molecular weight excluding hydrogens is 524 g/mol. The topological polar surface area (TPSA) is 114 Å². The summed E-state index contributed by atoms with van der Waals surface area (Å²) in [4.78, 5) is 40.5. The largest absolute Gasteiger partial charge is 0.496 e. The third-order valence-corrected chi connectivity index (χ3v) is 8.50. The lowest BCUT2D eigenvalue weighted by molar-refractivity contribution is -0.150. The van der Waals surface area contributed by atoms with Gasteiger partial charge in [-0.2, -0.15) is 0 Å². The molecular formula is C32H44N2O7. The number of nitrogens with one attached hydrogen (secondary N) is 1. The first-order valence-corrected chi connectivity index (χ1v) is 14.6. The van der Waals surface area contributed by atoms with Crippen molar-refractivity contribution in [1.82, 2.24) is 10.2 Å². The van der Waals surface area contributed by atoms with E-state index >= 15 is 0 Å². The molecule has 5 bridgehead atoms. The van der Waals surface area contributed by atoms with E-state index < -0.39 is 41.1 Å². The third kappa shape index (κ3) is 6.77. The normalized spacial score (nSPS) is 25.0. The minimum atomic E-state index is -1.12. The molecule has 2 amide bonds. The van der Waals surface area contributed by atoms with Crippen LogP contribution in [0.2, 0.25) is 0 Å². The number of fused-ring (bicyclic) bond motifs is 5. The number of carboxylic acid groups (broad SMARTS) is 1. The van der Waals surface area contributed by atoms with Gasteiger partial charge in [0.25, 0.3) is 0 Å². The third-order valence-electron chi connectivity index (χ3n) is 8.50. The number of cyclic esters (lactones) is 1. The van der Waals surface area contributed by atoms with Crippen LogP contribution in [-0.2, 0) is 31.1 Å². The summed E-state index contributed by atoms with van der Waals surface area (Å²) in [6.45, 7) is 5.81. The quantitative estimate of drug-likeness (QED) is 0.509. The van der Waals surface area contributed by atoms with Crippen molar-refractivity contribution in [2.45, 2.75) is 89.8 Å². The fourth-order valence-corrected chi connectivity index (χ4v) is 6.06. The zero-order chi connectivity index (χ0) is 29.8. The van der Waals surface area contributed by atoms with Crippen LogP contribution >= 0.6 is 0 Å². The molecule has 2 aromatic carbocycles. The average Bonchev–Trinajstić information content (AvgIpc) is 3.34. The highest BCUT2D eigenvalue weighted by atomic mass is 16.5. The molecule has 9 nitrogen and oxygen atoms in total. The number of aryl methyl sites for hydroxylation is 1. The van der Waals surface area contributed by atoms with Gasteiger partial charge >= 0.3 is 12.1 Å². The van der Waals surface area contributed by atoms with Crippen LogP contribution < -0.4 is 10.1 Å². The second-order valence-electron chi connectivity index (χ2n) is 12.4. The predicted octanol–water partition coefficient (Wildman–Crippen LogP) is 5.41. The molecule has 0 radical (unpaired) electrons. The number of aliphatic carboxylic acids is 1. The van der Waals surface area contributed by atoms with Gasteiger partial charge in [0.1, 0.15) is 23.4 Å². The van der Waals surface area contributed by atoms with Gasteiger partial charge in [-0.15, -0.1) is 0 Å². The summed E-state index contributed by atoms with van der Waals surface area (Å²) in [5.74, 6) is -0.731. The van der Waals surface area contributed by atoms with Gasteiger partial charge in [0.15, 0.2) is 0 Å². The number of nitrogens with zero attached hydrogens (tertiary/aromatic N) is 1. The molecule has 41 heavy (non-hydrogen) atoms. The number of amides is 2. The number of rotatable bonds is 3. The number of alkyl carbamates (subject to hydrolysis) is 1. The molecule has 0 unspecified atom stereocenters. The summed E-state index contributed by atoms with van der Waals surface area (Å²) in [6, 6.07) is 8.06. The van der Waals surface area contributed by atoms with Gasteiger partial charge in [-0.3, -0.25) is 4.79 Å². The first kappa shape index (κ1) is 30.6. The Balaban J connectivity index is 1.77. The number of hydrogen-bond acceptors (Lipinski definition) is 6. The van der Waals surface area contributed by atoms with E-state index in [-0.39, 0.29) is 19.6 Å². The van der Waals surface area contributed by atoms with Crippen LogP contribution in [0, 0.1) is 5.41 Å². The van der Waals surface area contributed by atoms with Gasteiger partial charge in [-0.1, -0.05) is 58.6 Å². The van der Waals surface area contributed by atoms with E-state index in [1.54, 1.807) is 14.2 Å². The van der Waals surface area contributed by atoms with Gasteiger partial charge in [-0.25, -0.2) is 9.59 Å². The van der Waals surface area contributed by atoms with Crippen molar-refractivity contribution in [3.63, 3.8) is 0 Å². The number of benzene rings is 2. The van der Waals surface area contributed by atoms with Crippen LogP contribution in [0.5, 0.6) is 5.75 Å². The Bertz CT molecular complexity index is 1270. The van der Waals surface area contributed by atoms with Crippen molar-refractivity contribution < 1.29 is 33.7 Å². The lowest BCUT2D eigenvalue weighted by atomic mass is 9.85. The van der Waals surface area contributed by atoms with E-state index in [4.69, 9.17) is 14.2 Å². The molecule has 224 valence electrons. The molecule has 0 aromatic heterocycles. The molecule has 2 heterocycles. The zero-order valence-corrected chi connectivity index (χ0v) is 25.0. The summed E-state index contributed by atoms with van der Waals surface area (Å²) in [5, 5.41) is 14.9. The zero-order valence-electron chi connectivity index (χ0n) is 25.0. The second-order valence-corrected chi connectivity index (χ2v) is 12.4. The fourth-order valence-electron chi connectivity index (χ4n) is 6.06. The molecule has 2 aliphatic heterocycles. The standard InChI is InChI=1S/C32H44N2O7/c1-31(2,3)27-28(35)34-20-32(40-5,19-25(34)29(36)37)24-14-13-21-18-26(39-4)22(16-23(21)17-24)12-10-8-6-7-9-11-15-41-30(38)33-27/h13-14,16-18,25,27H,6-12,15,19-20H2,1-5H3,(H,33,38)(H,36,37)/t25-,27+,32-/m0/s1. The molecule has 2 aliphatic rings. The van der Waals surface area contributed by atoms with Crippen molar-refractivity contribution in [3.05, 3.63) is 41.5 Å². The Labute approximate surface area is 242 Å². The van der Waals surface area contributed by atoms with E-state index in [0.717, 1.165) is 72.6 Å². The number of carbonyl (C=O) groups is 3.